The summed E-state index contributed by atoms with van der Waals surface area (Å²) in [4.78, 5) is 2.69. The van der Waals surface area contributed by atoms with E-state index in [2.05, 4.69) is 4.98 Å². The molecule has 0 atom stereocenters. The number of aromatic nitrogens is 1. The van der Waals surface area contributed by atoms with Crippen LogP contribution in [0.3, 0.4) is 0 Å². The minimum Gasteiger partial charge on any atom is -0.229 e. The monoisotopic (exact) mass is 247 g/mol. The summed E-state index contributed by atoms with van der Waals surface area (Å²) in [7, 11) is 0. The maximum Gasteiger partial charge on any atom is 0.433 e. The molecule has 0 N–H and O–H groups in total. The number of nitrogens with zero attached hydrogens (tertiary/aromatic N) is 3. The highest BCUT2D eigenvalue weighted by atomic mass is 19.4. The molecule has 3 nitrogen and oxygen atoms in total. The van der Waals surface area contributed by atoms with Crippen molar-refractivity contribution in [1.82, 2.24) is 4.98 Å². The summed E-state index contributed by atoms with van der Waals surface area (Å²) in [6.45, 7) is 0. The lowest BCUT2D eigenvalue weighted by atomic mass is 10.1. The topological polar surface area (TPSA) is 60.5 Å². The van der Waals surface area contributed by atoms with Gasteiger partial charge in [0.05, 0.1) is 12.5 Å². The molecule has 0 saturated carbocycles. The molecule has 0 aliphatic carbocycles. The second-order valence-electron chi connectivity index (χ2n) is 2.86. The van der Waals surface area contributed by atoms with E-state index in [0.717, 1.165) is 6.07 Å². The average Bonchev–Trinajstić information content (AvgIpc) is 2.24. The highest BCUT2D eigenvalue weighted by molar-refractivity contribution is 5.35. The molecule has 0 unspecified atom stereocenters. The third-order valence-corrected chi connectivity index (χ3v) is 1.81. The zero-order chi connectivity index (χ0) is 13.2. The molecule has 0 aromatic carbocycles. The summed E-state index contributed by atoms with van der Waals surface area (Å²) in [6.07, 6.45) is -6.05. The van der Waals surface area contributed by atoms with E-state index in [9.17, 15) is 22.0 Å². The fourth-order valence-corrected chi connectivity index (χ4v) is 1.12. The Labute approximate surface area is 91.7 Å². The van der Waals surface area contributed by atoms with E-state index in [1.54, 1.807) is 0 Å². The van der Waals surface area contributed by atoms with Gasteiger partial charge in [-0.15, -0.1) is 0 Å². The van der Waals surface area contributed by atoms with Crippen LogP contribution in [0.25, 0.3) is 0 Å². The van der Waals surface area contributed by atoms with Crippen LogP contribution < -0.4 is 0 Å². The highest BCUT2D eigenvalue weighted by Crippen LogP contribution is 2.33. The first-order valence-corrected chi connectivity index (χ1v) is 4.05. The molecule has 0 saturated heterocycles. The molecule has 0 amide bonds. The van der Waals surface area contributed by atoms with Gasteiger partial charge >= 0.3 is 6.18 Å². The smallest absolute Gasteiger partial charge is 0.229 e. The lowest BCUT2D eigenvalue weighted by Gasteiger charge is -2.11. The van der Waals surface area contributed by atoms with E-state index in [1.165, 1.54) is 6.07 Å². The zero-order valence-electron chi connectivity index (χ0n) is 7.94. The van der Waals surface area contributed by atoms with Gasteiger partial charge < -0.3 is 0 Å². The van der Waals surface area contributed by atoms with Crippen LogP contribution >= 0.6 is 0 Å². The van der Waals surface area contributed by atoms with E-state index < -0.39 is 41.2 Å². The van der Waals surface area contributed by atoms with Gasteiger partial charge in [0.2, 0.25) is 0 Å². The van der Waals surface area contributed by atoms with Crippen molar-refractivity contribution in [2.45, 2.75) is 12.6 Å². The van der Waals surface area contributed by atoms with E-state index in [1.807, 2.05) is 0 Å². The van der Waals surface area contributed by atoms with Crippen molar-refractivity contribution < 1.29 is 22.0 Å². The Kier molecular flexibility index (Phi) is 3.28. The average molecular weight is 247 g/mol. The van der Waals surface area contributed by atoms with Crippen LogP contribution in [0.15, 0.2) is 0 Å². The van der Waals surface area contributed by atoms with Gasteiger partial charge in [0.15, 0.2) is 23.0 Å². The largest absolute Gasteiger partial charge is 0.433 e. The number of rotatable bonds is 1. The van der Waals surface area contributed by atoms with Gasteiger partial charge in [0, 0.05) is 5.56 Å². The number of alkyl halides is 3. The molecule has 1 heterocycles. The van der Waals surface area contributed by atoms with E-state index in [-0.39, 0.29) is 0 Å². The van der Waals surface area contributed by atoms with E-state index >= 15 is 0 Å². The quantitative estimate of drug-likeness (QED) is 0.715. The summed E-state index contributed by atoms with van der Waals surface area (Å²) in [5.41, 5.74) is -4.25. The Bertz CT molecular complexity index is 536. The van der Waals surface area contributed by atoms with Crippen molar-refractivity contribution in [2.24, 2.45) is 0 Å². The minimum atomic E-state index is -5.06. The first-order chi connectivity index (χ1) is 7.82. The predicted octanol–water partition coefficient (Wildman–Crippen LogP) is 2.32. The fraction of sp³-hybridized carbons (Fsp3) is 0.222. The molecular formula is C9H2F5N3. The molecule has 0 bridgehead atoms. The minimum absolute atomic E-state index is 0.990. The van der Waals surface area contributed by atoms with Gasteiger partial charge in [-0.2, -0.15) is 23.7 Å². The van der Waals surface area contributed by atoms with Crippen LogP contribution in [-0.4, -0.2) is 4.98 Å². The molecule has 8 heteroatoms. The van der Waals surface area contributed by atoms with Gasteiger partial charge in [-0.1, -0.05) is 0 Å². The van der Waals surface area contributed by atoms with Crippen molar-refractivity contribution >= 4 is 0 Å². The Morgan fingerprint density at radius 3 is 2.12 bits per heavy atom. The molecule has 17 heavy (non-hydrogen) atoms. The lowest BCUT2D eigenvalue weighted by Crippen LogP contribution is -2.16. The predicted molar refractivity (Wildman–Crippen MR) is 43.2 cm³/mol. The molecule has 0 spiro atoms. The molecule has 1 aromatic heterocycles. The SMILES string of the molecule is N#CCc1c(C(F)(F)F)nc(C#N)c(F)c1F. The highest BCUT2D eigenvalue weighted by Gasteiger charge is 2.38. The number of pyridine rings is 1. The van der Waals surface area contributed by atoms with Crippen molar-refractivity contribution in [3.8, 4) is 12.1 Å². The third kappa shape index (κ3) is 2.31. The number of hydrogen-bond donors (Lipinski definition) is 0. The molecule has 0 radical (unpaired) electrons. The fourth-order valence-electron chi connectivity index (χ4n) is 1.12. The van der Waals surface area contributed by atoms with Gasteiger partial charge in [-0.05, 0) is 0 Å². The maximum absolute atomic E-state index is 13.2. The Morgan fingerprint density at radius 2 is 1.71 bits per heavy atom. The normalized spacial score (nSPS) is 10.8. The van der Waals surface area contributed by atoms with Crippen molar-refractivity contribution in [3.05, 3.63) is 28.6 Å². The second kappa shape index (κ2) is 4.34. The maximum atomic E-state index is 13.2. The first-order valence-electron chi connectivity index (χ1n) is 4.05. The van der Waals surface area contributed by atoms with E-state index in [4.69, 9.17) is 10.5 Å². The Balaban J connectivity index is 3.64. The number of halogens is 5. The van der Waals surface area contributed by atoms with Gasteiger partial charge in [0.1, 0.15) is 6.07 Å². The summed E-state index contributed by atoms with van der Waals surface area (Å²) in [6, 6.07) is 2.28. The van der Waals surface area contributed by atoms with Crippen molar-refractivity contribution in [1.29, 1.82) is 10.5 Å². The van der Waals surface area contributed by atoms with Crippen LogP contribution in [0, 0.1) is 34.3 Å². The van der Waals surface area contributed by atoms with Crippen LogP contribution in [-0.2, 0) is 12.6 Å². The standard InChI is InChI=1S/C9H2F5N3/c10-6-4(1-2-15)8(9(12,13)14)17-5(3-16)7(6)11/h1H2. The number of hydrogen-bond acceptors (Lipinski definition) is 3. The van der Waals surface area contributed by atoms with Crippen LogP contribution in [0.1, 0.15) is 17.0 Å². The summed E-state index contributed by atoms with van der Waals surface area (Å²) < 4.78 is 63.5. The van der Waals surface area contributed by atoms with Crippen molar-refractivity contribution in [2.75, 3.05) is 0 Å². The Hall–Kier alpha value is -2.22. The zero-order valence-corrected chi connectivity index (χ0v) is 7.94. The van der Waals surface area contributed by atoms with Gasteiger partial charge in [0.25, 0.3) is 0 Å². The summed E-state index contributed by atoms with van der Waals surface area (Å²) >= 11 is 0. The molecular weight excluding hydrogens is 245 g/mol. The molecule has 0 aliphatic heterocycles. The molecule has 0 aliphatic rings. The molecule has 1 rings (SSSR count). The lowest BCUT2D eigenvalue weighted by molar-refractivity contribution is -0.142. The second-order valence-corrected chi connectivity index (χ2v) is 2.86. The first kappa shape index (κ1) is 12.8. The van der Waals surface area contributed by atoms with Crippen LogP contribution in [0.4, 0.5) is 22.0 Å². The summed E-state index contributed by atoms with van der Waals surface area (Å²) in [5.74, 6) is -3.66. The third-order valence-electron chi connectivity index (χ3n) is 1.81. The van der Waals surface area contributed by atoms with Crippen LogP contribution in [0.5, 0.6) is 0 Å². The molecule has 0 fully saturated rings. The van der Waals surface area contributed by atoms with E-state index in [0.29, 0.717) is 0 Å². The Morgan fingerprint density at radius 1 is 1.12 bits per heavy atom. The molecule has 88 valence electrons. The number of nitriles is 2. The van der Waals surface area contributed by atoms with Crippen LogP contribution in [0.2, 0.25) is 0 Å². The van der Waals surface area contributed by atoms with Gasteiger partial charge in [-0.25, -0.2) is 13.8 Å². The van der Waals surface area contributed by atoms with Gasteiger partial charge in [-0.3, -0.25) is 0 Å². The molecule has 1 aromatic rings. The van der Waals surface area contributed by atoms with Crippen molar-refractivity contribution in [3.63, 3.8) is 0 Å². The summed E-state index contributed by atoms with van der Waals surface area (Å²) in [5, 5.41) is 16.6.